The lowest BCUT2D eigenvalue weighted by atomic mass is 10.4. The van der Waals surface area contributed by atoms with E-state index in [9.17, 15) is 0 Å². The van der Waals surface area contributed by atoms with Gasteiger partial charge >= 0.3 is 0 Å². The summed E-state index contributed by atoms with van der Waals surface area (Å²) in [4.78, 5) is 12.4. The van der Waals surface area contributed by atoms with Gasteiger partial charge in [0.25, 0.3) is 0 Å². The first-order chi connectivity index (χ1) is 6.72. The highest BCUT2D eigenvalue weighted by molar-refractivity contribution is 14.1. The van der Waals surface area contributed by atoms with Crippen molar-refractivity contribution >= 4 is 45.4 Å². The average molecular weight is 322 g/mol. The van der Waals surface area contributed by atoms with E-state index in [-0.39, 0.29) is 0 Å². The zero-order valence-electron chi connectivity index (χ0n) is 7.16. The molecule has 14 heavy (non-hydrogen) atoms. The Hall–Kier alpha value is -0.690. The Bertz CT molecular complexity index is 491. The molecule has 2 aromatic rings. The summed E-state index contributed by atoms with van der Waals surface area (Å²) < 4.78 is 5.80. The Labute approximate surface area is 98.8 Å². The van der Waals surface area contributed by atoms with Crippen LogP contribution in [0.5, 0.6) is 5.88 Å². The minimum absolute atomic E-state index is 0.458. The van der Waals surface area contributed by atoms with Gasteiger partial charge in [-0.2, -0.15) is 0 Å². The van der Waals surface area contributed by atoms with Gasteiger partial charge in [0.15, 0.2) is 5.65 Å². The summed E-state index contributed by atoms with van der Waals surface area (Å²) in [5, 5.41) is 0.570. The Balaban J connectivity index is 2.78. The molecule has 0 saturated carbocycles. The number of rotatable bonds is 1. The number of hydrogen-bond donors (Lipinski definition) is 0. The fourth-order valence-electron chi connectivity index (χ4n) is 0.994. The topological polar surface area (TPSA) is 47.9 Å². The maximum absolute atomic E-state index is 5.90. The van der Waals surface area contributed by atoms with Crippen molar-refractivity contribution in [3.63, 3.8) is 0 Å². The van der Waals surface area contributed by atoms with Crippen LogP contribution in [-0.4, -0.2) is 22.1 Å². The van der Waals surface area contributed by atoms with Gasteiger partial charge in [0.05, 0.1) is 21.9 Å². The molecule has 0 aliphatic heterocycles. The van der Waals surface area contributed by atoms with Gasteiger partial charge in [-0.15, -0.1) is 0 Å². The number of halogens is 2. The van der Waals surface area contributed by atoms with E-state index in [0.29, 0.717) is 22.1 Å². The van der Waals surface area contributed by atoms with Crippen LogP contribution in [0.4, 0.5) is 0 Å². The molecule has 4 nitrogen and oxygen atoms in total. The van der Waals surface area contributed by atoms with Gasteiger partial charge in [0, 0.05) is 6.20 Å². The van der Waals surface area contributed by atoms with Gasteiger partial charge in [-0.3, -0.25) is 0 Å². The normalized spacial score (nSPS) is 10.5. The molecule has 0 amide bonds. The maximum Gasteiger partial charge on any atom is 0.232 e. The third kappa shape index (κ3) is 1.61. The molecular formula is C8H5ClIN3O. The van der Waals surface area contributed by atoms with E-state index in [1.54, 1.807) is 13.3 Å². The van der Waals surface area contributed by atoms with Crippen molar-refractivity contribution < 1.29 is 4.74 Å². The minimum Gasteiger partial charge on any atom is -0.480 e. The number of pyridine rings is 1. The second-order valence-corrected chi connectivity index (χ2v) is 3.99. The van der Waals surface area contributed by atoms with E-state index in [2.05, 4.69) is 37.5 Å². The summed E-state index contributed by atoms with van der Waals surface area (Å²) in [7, 11) is 1.54. The Morgan fingerprint density at radius 1 is 1.36 bits per heavy atom. The SMILES string of the molecule is COc1cnc2ncc(Cl)c(I)c2n1. The molecule has 6 heteroatoms. The Morgan fingerprint density at radius 3 is 2.79 bits per heavy atom. The third-order valence-corrected chi connectivity index (χ3v) is 3.36. The predicted octanol–water partition coefficient (Wildman–Crippen LogP) is 2.29. The number of nitrogens with zero attached hydrogens (tertiary/aromatic N) is 3. The van der Waals surface area contributed by atoms with E-state index in [4.69, 9.17) is 16.3 Å². The van der Waals surface area contributed by atoms with Crippen LogP contribution in [0.1, 0.15) is 0 Å². The Morgan fingerprint density at radius 2 is 2.07 bits per heavy atom. The average Bonchev–Trinajstić information content (AvgIpc) is 2.23. The van der Waals surface area contributed by atoms with Crippen molar-refractivity contribution in [3.05, 3.63) is 21.0 Å². The largest absolute Gasteiger partial charge is 0.480 e. The maximum atomic E-state index is 5.90. The van der Waals surface area contributed by atoms with Crippen LogP contribution in [-0.2, 0) is 0 Å². The predicted molar refractivity (Wildman–Crippen MR) is 61.6 cm³/mol. The first-order valence-electron chi connectivity index (χ1n) is 3.73. The van der Waals surface area contributed by atoms with Crippen LogP contribution in [0.25, 0.3) is 11.2 Å². The van der Waals surface area contributed by atoms with Crippen molar-refractivity contribution in [2.75, 3.05) is 7.11 Å². The van der Waals surface area contributed by atoms with Crippen LogP contribution in [0, 0.1) is 3.57 Å². The van der Waals surface area contributed by atoms with Crippen molar-refractivity contribution in [1.29, 1.82) is 0 Å². The number of fused-ring (bicyclic) bond motifs is 1. The van der Waals surface area contributed by atoms with Gasteiger partial charge < -0.3 is 4.74 Å². The molecule has 0 N–H and O–H groups in total. The molecule has 2 heterocycles. The summed E-state index contributed by atoms with van der Waals surface area (Å²) in [5.74, 6) is 0.458. The first-order valence-corrected chi connectivity index (χ1v) is 5.19. The summed E-state index contributed by atoms with van der Waals surface area (Å²) in [6.07, 6.45) is 3.09. The fourth-order valence-corrected chi connectivity index (χ4v) is 1.63. The standard InChI is InChI=1S/C8H5ClIN3O/c1-14-5-3-12-8-7(13-5)6(10)4(9)2-11-8/h2-3H,1H3. The van der Waals surface area contributed by atoms with Crippen molar-refractivity contribution in [3.8, 4) is 5.88 Å². The first kappa shape index (κ1) is 9.85. The quantitative estimate of drug-likeness (QED) is 0.756. The van der Waals surface area contributed by atoms with Crippen LogP contribution >= 0.6 is 34.2 Å². The minimum atomic E-state index is 0.458. The molecule has 2 aromatic heterocycles. The zero-order valence-corrected chi connectivity index (χ0v) is 10.1. The van der Waals surface area contributed by atoms with Crippen molar-refractivity contribution in [1.82, 2.24) is 15.0 Å². The van der Waals surface area contributed by atoms with Gasteiger partial charge in [-0.1, -0.05) is 11.6 Å². The van der Waals surface area contributed by atoms with E-state index >= 15 is 0 Å². The second kappa shape index (κ2) is 3.82. The zero-order chi connectivity index (χ0) is 10.1. The lowest BCUT2D eigenvalue weighted by molar-refractivity contribution is 0.397. The van der Waals surface area contributed by atoms with Crippen LogP contribution < -0.4 is 4.74 Å². The van der Waals surface area contributed by atoms with E-state index < -0.39 is 0 Å². The van der Waals surface area contributed by atoms with Crippen molar-refractivity contribution in [2.24, 2.45) is 0 Å². The number of hydrogen-bond acceptors (Lipinski definition) is 4. The van der Waals surface area contributed by atoms with E-state index in [1.165, 1.54) is 6.20 Å². The highest BCUT2D eigenvalue weighted by Crippen LogP contribution is 2.24. The number of ether oxygens (including phenoxy) is 1. The molecule has 0 radical (unpaired) electrons. The third-order valence-electron chi connectivity index (χ3n) is 1.66. The monoisotopic (exact) mass is 321 g/mol. The van der Waals surface area contributed by atoms with Crippen LogP contribution in [0.15, 0.2) is 12.4 Å². The highest BCUT2D eigenvalue weighted by Gasteiger charge is 2.07. The highest BCUT2D eigenvalue weighted by atomic mass is 127. The molecular weight excluding hydrogens is 316 g/mol. The van der Waals surface area contributed by atoms with Crippen LogP contribution in [0.2, 0.25) is 5.02 Å². The summed E-state index contributed by atoms with van der Waals surface area (Å²) in [6, 6.07) is 0. The lowest BCUT2D eigenvalue weighted by Gasteiger charge is -2.02. The molecule has 0 aliphatic carbocycles. The molecule has 0 fully saturated rings. The lowest BCUT2D eigenvalue weighted by Crippen LogP contribution is -1.94. The number of aromatic nitrogens is 3. The Kier molecular flexibility index (Phi) is 2.69. The van der Waals surface area contributed by atoms with Gasteiger partial charge in [-0.05, 0) is 22.6 Å². The molecule has 0 aliphatic rings. The summed E-state index contributed by atoms with van der Waals surface area (Å²) in [5.41, 5.74) is 1.23. The second-order valence-electron chi connectivity index (χ2n) is 2.50. The molecule has 2 rings (SSSR count). The van der Waals surface area contributed by atoms with E-state index in [1.807, 2.05) is 0 Å². The van der Waals surface area contributed by atoms with Gasteiger partial charge in [0.2, 0.25) is 5.88 Å². The van der Waals surface area contributed by atoms with Crippen LogP contribution in [0.3, 0.4) is 0 Å². The molecule has 0 spiro atoms. The molecule has 0 saturated heterocycles. The van der Waals surface area contributed by atoms with E-state index in [0.717, 1.165) is 3.57 Å². The molecule has 72 valence electrons. The molecule has 0 bridgehead atoms. The smallest absolute Gasteiger partial charge is 0.232 e. The summed E-state index contributed by atoms with van der Waals surface area (Å²) in [6.45, 7) is 0. The van der Waals surface area contributed by atoms with Crippen molar-refractivity contribution in [2.45, 2.75) is 0 Å². The fraction of sp³-hybridized carbons (Fsp3) is 0.125. The summed E-state index contributed by atoms with van der Waals surface area (Å²) >= 11 is 8.01. The molecule has 0 aromatic carbocycles. The molecule has 0 unspecified atom stereocenters. The molecule has 0 atom stereocenters. The van der Waals surface area contributed by atoms with Gasteiger partial charge in [0.1, 0.15) is 5.52 Å². The van der Waals surface area contributed by atoms with Gasteiger partial charge in [-0.25, -0.2) is 15.0 Å². The number of methoxy groups -OCH3 is 1.